The van der Waals surface area contributed by atoms with Gasteiger partial charge in [0.25, 0.3) is 0 Å². The first kappa shape index (κ1) is 19.3. The monoisotopic (exact) mass is 422 g/mol. The third-order valence-electron chi connectivity index (χ3n) is 4.24. The number of nitrogens with zero attached hydrogens (tertiary/aromatic N) is 3. The predicted octanol–water partition coefficient (Wildman–Crippen LogP) is 4.99. The van der Waals surface area contributed by atoms with Crippen molar-refractivity contribution in [2.75, 3.05) is 6.61 Å². The first-order valence-electron chi connectivity index (χ1n) is 8.62. The van der Waals surface area contributed by atoms with E-state index in [1.807, 2.05) is 24.3 Å². The van der Waals surface area contributed by atoms with Gasteiger partial charge in [-0.3, -0.25) is 0 Å². The summed E-state index contributed by atoms with van der Waals surface area (Å²) in [4.78, 5) is 0. The van der Waals surface area contributed by atoms with Crippen LogP contribution in [0.5, 0.6) is 5.75 Å². The number of alkyl halides is 3. The SMILES string of the molecule is FC(F)(F)COc1ccc(CCc2ccc3cc(-c4nn[nH]n4)oc3c2)cc1Cl. The van der Waals surface area contributed by atoms with Crippen molar-refractivity contribution in [2.24, 2.45) is 0 Å². The Hall–Kier alpha value is -3.07. The molecule has 0 bridgehead atoms. The highest BCUT2D eigenvalue weighted by Gasteiger charge is 2.28. The van der Waals surface area contributed by atoms with E-state index in [-0.39, 0.29) is 10.8 Å². The lowest BCUT2D eigenvalue weighted by Crippen LogP contribution is -2.19. The van der Waals surface area contributed by atoms with Crippen molar-refractivity contribution in [3.63, 3.8) is 0 Å². The second-order valence-corrected chi connectivity index (χ2v) is 6.79. The number of ether oxygens (including phenoxy) is 1. The number of nitrogens with one attached hydrogen (secondary N) is 1. The molecule has 150 valence electrons. The quantitative estimate of drug-likeness (QED) is 0.473. The Morgan fingerprint density at radius 2 is 1.79 bits per heavy atom. The van der Waals surface area contributed by atoms with Gasteiger partial charge in [-0.05, 0) is 53.4 Å². The number of aromatic amines is 1. The number of benzene rings is 2. The Morgan fingerprint density at radius 1 is 1.03 bits per heavy atom. The minimum absolute atomic E-state index is 0.0127. The maximum absolute atomic E-state index is 12.3. The van der Waals surface area contributed by atoms with Crippen LogP contribution in [0.25, 0.3) is 22.6 Å². The largest absolute Gasteiger partial charge is 0.483 e. The summed E-state index contributed by atoms with van der Waals surface area (Å²) in [6.07, 6.45) is -3.05. The van der Waals surface area contributed by atoms with E-state index in [2.05, 4.69) is 20.6 Å². The molecule has 0 fully saturated rings. The summed E-state index contributed by atoms with van der Waals surface area (Å²) in [5.41, 5.74) is 2.64. The molecule has 0 amide bonds. The van der Waals surface area contributed by atoms with E-state index in [0.29, 0.717) is 30.0 Å². The van der Waals surface area contributed by atoms with Crippen LogP contribution in [-0.4, -0.2) is 33.4 Å². The molecular weight excluding hydrogens is 409 g/mol. The number of H-pyrrole nitrogens is 1. The highest BCUT2D eigenvalue weighted by molar-refractivity contribution is 6.32. The fourth-order valence-electron chi connectivity index (χ4n) is 2.87. The van der Waals surface area contributed by atoms with Crippen molar-refractivity contribution in [1.82, 2.24) is 20.6 Å². The highest BCUT2D eigenvalue weighted by Crippen LogP contribution is 2.29. The van der Waals surface area contributed by atoms with Crippen LogP contribution < -0.4 is 4.74 Å². The van der Waals surface area contributed by atoms with Crippen LogP contribution in [0.15, 0.2) is 46.9 Å². The number of furan rings is 1. The van der Waals surface area contributed by atoms with Crippen LogP contribution in [0.1, 0.15) is 11.1 Å². The van der Waals surface area contributed by atoms with Crippen LogP contribution >= 0.6 is 11.6 Å². The Morgan fingerprint density at radius 3 is 2.48 bits per heavy atom. The number of hydrogen-bond acceptors (Lipinski definition) is 5. The zero-order chi connectivity index (χ0) is 20.4. The van der Waals surface area contributed by atoms with Gasteiger partial charge in [0.05, 0.1) is 5.02 Å². The number of aromatic nitrogens is 4. The lowest BCUT2D eigenvalue weighted by atomic mass is 10.0. The van der Waals surface area contributed by atoms with Crippen molar-refractivity contribution >= 4 is 22.6 Å². The molecule has 0 radical (unpaired) electrons. The van der Waals surface area contributed by atoms with Gasteiger partial charge < -0.3 is 9.15 Å². The second kappa shape index (κ2) is 7.75. The topological polar surface area (TPSA) is 76.8 Å². The molecule has 2 heterocycles. The van der Waals surface area contributed by atoms with E-state index < -0.39 is 12.8 Å². The molecule has 0 spiro atoms. The average Bonchev–Trinajstić information content (AvgIpc) is 3.33. The summed E-state index contributed by atoms with van der Waals surface area (Å²) in [6, 6.07) is 12.5. The second-order valence-electron chi connectivity index (χ2n) is 6.39. The van der Waals surface area contributed by atoms with Gasteiger partial charge in [-0.2, -0.15) is 18.4 Å². The Bertz CT molecular complexity index is 1130. The molecule has 2 aromatic heterocycles. The molecule has 2 aromatic carbocycles. The van der Waals surface area contributed by atoms with E-state index in [4.69, 9.17) is 20.8 Å². The normalized spacial score (nSPS) is 11.9. The average molecular weight is 423 g/mol. The van der Waals surface area contributed by atoms with E-state index in [1.54, 1.807) is 12.1 Å². The Balaban J connectivity index is 1.43. The minimum atomic E-state index is -4.41. The molecule has 0 aliphatic rings. The lowest BCUT2D eigenvalue weighted by Gasteiger charge is -2.11. The number of tetrazole rings is 1. The molecule has 0 aliphatic carbocycles. The molecule has 0 unspecified atom stereocenters. The van der Waals surface area contributed by atoms with Crippen LogP contribution in [0.4, 0.5) is 13.2 Å². The van der Waals surface area contributed by atoms with Gasteiger partial charge in [0.2, 0.25) is 5.82 Å². The molecule has 4 aromatic rings. The summed E-state index contributed by atoms with van der Waals surface area (Å²) < 4.78 is 47.3. The molecule has 0 atom stereocenters. The van der Waals surface area contributed by atoms with Gasteiger partial charge in [0.15, 0.2) is 12.4 Å². The van der Waals surface area contributed by atoms with Crippen molar-refractivity contribution in [3.05, 3.63) is 58.6 Å². The fourth-order valence-corrected chi connectivity index (χ4v) is 3.13. The van der Waals surface area contributed by atoms with Gasteiger partial charge in [-0.25, -0.2) is 0 Å². The van der Waals surface area contributed by atoms with E-state index in [0.717, 1.165) is 16.5 Å². The van der Waals surface area contributed by atoms with Crippen molar-refractivity contribution < 1.29 is 22.3 Å². The maximum Gasteiger partial charge on any atom is 0.422 e. The molecule has 1 N–H and O–H groups in total. The van der Waals surface area contributed by atoms with Crippen LogP contribution in [-0.2, 0) is 12.8 Å². The zero-order valence-corrected chi connectivity index (χ0v) is 15.6. The Kier molecular flexibility index (Phi) is 5.14. The number of fused-ring (bicyclic) bond motifs is 1. The Labute approximate surface area is 167 Å². The van der Waals surface area contributed by atoms with Gasteiger partial charge >= 0.3 is 6.18 Å². The highest BCUT2D eigenvalue weighted by atomic mass is 35.5. The lowest BCUT2D eigenvalue weighted by molar-refractivity contribution is -0.153. The molecule has 4 rings (SSSR count). The smallest absolute Gasteiger partial charge is 0.422 e. The number of hydrogen-bond donors (Lipinski definition) is 1. The summed E-state index contributed by atoms with van der Waals surface area (Å²) in [6.45, 7) is -1.37. The summed E-state index contributed by atoms with van der Waals surface area (Å²) >= 11 is 6.04. The summed E-state index contributed by atoms with van der Waals surface area (Å²) in [5.74, 6) is 0.913. The number of halogens is 4. The van der Waals surface area contributed by atoms with E-state index in [9.17, 15) is 13.2 Å². The third-order valence-corrected chi connectivity index (χ3v) is 4.54. The standard InChI is InChI=1S/C19H14ClF3N4O2/c20-14-7-11(4-6-15(14)28-10-19(21,22)23)1-2-12-3-5-13-9-17(29-16(13)8-12)18-24-26-27-25-18/h3-9H,1-2,10H2,(H,24,25,26,27). The van der Waals surface area contributed by atoms with Crippen molar-refractivity contribution in [2.45, 2.75) is 19.0 Å². The van der Waals surface area contributed by atoms with Crippen molar-refractivity contribution in [1.29, 1.82) is 0 Å². The number of rotatable bonds is 6. The third kappa shape index (κ3) is 4.68. The minimum Gasteiger partial charge on any atom is -0.483 e. The summed E-state index contributed by atoms with van der Waals surface area (Å²) in [5, 5.41) is 14.8. The predicted molar refractivity (Wildman–Crippen MR) is 99.8 cm³/mol. The molecule has 6 nitrogen and oxygen atoms in total. The van der Waals surface area contributed by atoms with E-state index >= 15 is 0 Å². The van der Waals surface area contributed by atoms with E-state index in [1.165, 1.54) is 6.07 Å². The van der Waals surface area contributed by atoms with Crippen LogP contribution in [0, 0.1) is 0 Å². The molecule has 29 heavy (non-hydrogen) atoms. The molecule has 0 saturated carbocycles. The number of aryl methyl sites for hydroxylation is 2. The molecule has 0 aliphatic heterocycles. The van der Waals surface area contributed by atoms with Crippen LogP contribution in [0.2, 0.25) is 5.02 Å². The zero-order valence-electron chi connectivity index (χ0n) is 14.8. The van der Waals surface area contributed by atoms with Gasteiger partial charge in [-0.15, -0.1) is 10.2 Å². The van der Waals surface area contributed by atoms with Gasteiger partial charge in [0, 0.05) is 5.39 Å². The molecule has 10 heteroatoms. The van der Waals surface area contributed by atoms with Gasteiger partial charge in [-0.1, -0.05) is 29.8 Å². The maximum atomic E-state index is 12.3. The van der Waals surface area contributed by atoms with Gasteiger partial charge in [0.1, 0.15) is 11.3 Å². The first-order chi connectivity index (χ1) is 13.9. The van der Waals surface area contributed by atoms with Crippen LogP contribution in [0.3, 0.4) is 0 Å². The molecular formula is C19H14ClF3N4O2. The fraction of sp³-hybridized carbons (Fsp3) is 0.211. The molecule has 0 saturated heterocycles. The van der Waals surface area contributed by atoms with Crippen molar-refractivity contribution in [3.8, 4) is 17.3 Å². The summed E-state index contributed by atoms with van der Waals surface area (Å²) in [7, 11) is 0. The first-order valence-corrected chi connectivity index (χ1v) is 8.99.